The number of anilines is 1. The Morgan fingerprint density at radius 2 is 1.79 bits per heavy atom. The van der Waals surface area contributed by atoms with Gasteiger partial charge in [0.1, 0.15) is 5.69 Å². The zero-order chi connectivity index (χ0) is 23.7. The molecule has 0 aromatic carbocycles. The number of hydrogen-bond acceptors (Lipinski definition) is 9. The number of carbonyl (C=O) groups excluding carboxylic acids is 1. The van der Waals surface area contributed by atoms with Gasteiger partial charge in [-0.3, -0.25) is 9.78 Å². The second kappa shape index (κ2) is 8.64. The fourth-order valence-electron chi connectivity index (χ4n) is 3.89. The van der Waals surface area contributed by atoms with E-state index in [-0.39, 0.29) is 18.2 Å². The van der Waals surface area contributed by atoms with Crippen LogP contribution >= 0.6 is 0 Å². The number of nitrogens with one attached hydrogen (secondary N) is 1. The Balaban J connectivity index is 1.39. The molecular formula is C24H23N7O3. The minimum absolute atomic E-state index is 0.00533. The number of aliphatic hydroxyl groups is 1. The molecule has 0 bridgehead atoms. The van der Waals surface area contributed by atoms with Crippen LogP contribution in [0, 0.1) is 0 Å². The number of rotatable bonds is 6. The number of amides is 1. The highest BCUT2D eigenvalue weighted by molar-refractivity contribution is 5.87. The molecule has 10 nitrogen and oxygen atoms in total. The van der Waals surface area contributed by atoms with Crippen molar-refractivity contribution < 1.29 is 14.4 Å². The van der Waals surface area contributed by atoms with E-state index in [1.807, 2.05) is 31.2 Å². The van der Waals surface area contributed by atoms with Crippen LogP contribution in [0.4, 0.5) is 5.95 Å². The first-order chi connectivity index (χ1) is 16.4. The lowest BCUT2D eigenvalue weighted by molar-refractivity contribution is -0.144. The van der Waals surface area contributed by atoms with Gasteiger partial charge in [-0.1, -0.05) is 11.2 Å². The summed E-state index contributed by atoms with van der Waals surface area (Å²) in [5, 5.41) is 18.1. The topological polar surface area (TPSA) is 130 Å². The molecule has 1 fully saturated rings. The highest BCUT2D eigenvalue weighted by atomic mass is 16.5. The predicted octanol–water partition coefficient (Wildman–Crippen LogP) is 2.81. The highest BCUT2D eigenvalue weighted by Crippen LogP contribution is 2.34. The summed E-state index contributed by atoms with van der Waals surface area (Å²) < 4.78 is 5.35. The summed E-state index contributed by atoms with van der Waals surface area (Å²) in [7, 11) is 1.64. The molecule has 1 unspecified atom stereocenters. The summed E-state index contributed by atoms with van der Waals surface area (Å²) in [6, 6.07) is 12.7. The number of hydrogen-bond donors (Lipinski definition) is 2. The van der Waals surface area contributed by atoms with Gasteiger partial charge in [0.25, 0.3) is 5.91 Å². The van der Waals surface area contributed by atoms with Crippen LogP contribution in [-0.2, 0) is 10.4 Å². The number of carbonyl (C=O) groups is 1. The number of nitrogens with zero attached hydrogens (tertiary/aromatic N) is 6. The third kappa shape index (κ3) is 3.99. The van der Waals surface area contributed by atoms with Crippen molar-refractivity contribution >= 4 is 11.9 Å². The lowest BCUT2D eigenvalue weighted by atomic mass is 9.98. The van der Waals surface area contributed by atoms with Crippen molar-refractivity contribution in [2.75, 3.05) is 18.9 Å². The third-order valence-electron chi connectivity index (χ3n) is 5.91. The molecule has 172 valence electrons. The molecule has 0 aliphatic carbocycles. The standard InChI is InChI=1S/C24H23N7O3/c1-15(16-6-10-25-11-7-16)27-23-26-12-8-19(29-23)17-4-3-5-18(28-17)20-14-21(34-30-20)24(33)9-13-31(2)22(24)32/h3-8,10-12,14-15,33H,9,13H2,1-2H3,(H,26,27,29)/t15-,24?/m0/s1. The van der Waals surface area contributed by atoms with Crippen LogP contribution in [0.1, 0.15) is 30.7 Å². The van der Waals surface area contributed by atoms with Crippen LogP contribution in [-0.4, -0.2) is 54.6 Å². The number of pyridine rings is 2. The molecule has 1 saturated heterocycles. The Morgan fingerprint density at radius 3 is 2.53 bits per heavy atom. The molecule has 2 N–H and O–H groups in total. The van der Waals surface area contributed by atoms with Crippen molar-refractivity contribution in [2.24, 2.45) is 0 Å². The molecule has 1 amide bonds. The van der Waals surface area contributed by atoms with Crippen molar-refractivity contribution in [2.45, 2.75) is 25.0 Å². The van der Waals surface area contributed by atoms with E-state index in [0.29, 0.717) is 35.3 Å². The van der Waals surface area contributed by atoms with Gasteiger partial charge < -0.3 is 19.8 Å². The second-order valence-electron chi connectivity index (χ2n) is 8.23. The quantitative estimate of drug-likeness (QED) is 0.449. The van der Waals surface area contributed by atoms with Gasteiger partial charge in [-0.15, -0.1) is 0 Å². The van der Waals surface area contributed by atoms with Crippen LogP contribution in [0.15, 0.2) is 65.6 Å². The van der Waals surface area contributed by atoms with E-state index in [9.17, 15) is 9.90 Å². The molecule has 5 heterocycles. The van der Waals surface area contributed by atoms with E-state index < -0.39 is 11.5 Å². The Morgan fingerprint density at radius 1 is 1.06 bits per heavy atom. The predicted molar refractivity (Wildman–Crippen MR) is 123 cm³/mol. The summed E-state index contributed by atoms with van der Waals surface area (Å²) >= 11 is 0. The summed E-state index contributed by atoms with van der Waals surface area (Å²) in [6.45, 7) is 2.47. The van der Waals surface area contributed by atoms with E-state index >= 15 is 0 Å². The van der Waals surface area contributed by atoms with Crippen molar-refractivity contribution in [1.29, 1.82) is 0 Å². The Bertz CT molecular complexity index is 1330. The molecule has 4 aromatic heterocycles. The van der Waals surface area contributed by atoms with Gasteiger partial charge in [-0.05, 0) is 42.8 Å². The maximum atomic E-state index is 12.4. The Hall–Kier alpha value is -4.18. The highest BCUT2D eigenvalue weighted by Gasteiger charge is 2.48. The van der Waals surface area contributed by atoms with Crippen LogP contribution in [0.3, 0.4) is 0 Å². The molecule has 10 heteroatoms. The van der Waals surface area contributed by atoms with Crippen molar-refractivity contribution in [3.63, 3.8) is 0 Å². The molecule has 5 rings (SSSR count). The molecule has 1 aliphatic rings. The van der Waals surface area contributed by atoms with E-state index in [4.69, 9.17) is 4.52 Å². The lowest BCUT2D eigenvalue weighted by Crippen LogP contribution is -2.35. The van der Waals surface area contributed by atoms with Crippen LogP contribution in [0.2, 0.25) is 0 Å². The van der Waals surface area contributed by atoms with E-state index in [0.717, 1.165) is 5.56 Å². The SMILES string of the molecule is C[C@H](Nc1nccc(-c2cccc(-c3cc(C4(O)CCN(C)C4=O)on3)n2)n1)c1ccncc1. The van der Waals surface area contributed by atoms with Crippen molar-refractivity contribution in [3.05, 3.63) is 72.4 Å². The number of aromatic nitrogens is 5. The van der Waals surface area contributed by atoms with Gasteiger partial charge in [-0.2, -0.15) is 0 Å². The van der Waals surface area contributed by atoms with Crippen LogP contribution in [0.5, 0.6) is 0 Å². The first kappa shape index (κ1) is 21.7. The fourth-order valence-corrected chi connectivity index (χ4v) is 3.89. The average Bonchev–Trinajstić information content (AvgIpc) is 3.47. The van der Waals surface area contributed by atoms with Gasteiger partial charge in [0.2, 0.25) is 11.5 Å². The zero-order valence-corrected chi connectivity index (χ0v) is 18.7. The minimum atomic E-state index is -1.70. The van der Waals surface area contributed by atoms with E-state index in [1.54, 1.807) is 43.8 Å². The zero-order valence-electron chi connectivity index (χ0n) is 18.7. The fraction of sp³-hybridized carbons (Fsp3) is 0.250. The normalized spacial score (nSPS) is 18.8. The van der Waals surface area contributed by atoms with Gasteiger partial charge >= 0.3 is 0 Å². The summed E-state index contributed by atoms with van der Waals surface area (Å²) in [5.41, 5.74) is 1.59. The minimum Gasteiger partial charge on any atom is -0.373 e. The maximum Gasteiger partial charge on any atom is 0.262 e. The summed E-state index contributed by atoms with van der Waals surface area (Å²) in [5.74, 6) is 0.186. The molecular weight excluding hydrogens is 434 g/mol. The van der Waals surface area contributed by atoms with E-state index in [1.165, 1.54) is 4.90 Å². The summed E-state index contributed by atoms with van der Waals surface area (Å²) in [4.78, 5) is 31.5. The van der Waals surface area contributed by atoms with Gasteiger partial charge in [-0.25, -0.2) is 15.0 Å². The second-order valence-corrected chi connectivity index (χ2v) is 8.23. The van der Waals surface area contributed by atoms with Gasteiger partial charge in [0.05, 0.1) is 23.1 Å². The molecule has 1 aliphatic heterocycles. The smallest absolute Gasteiger partial charge is 0.262 e. The van der Waals surface area contributed by atoms with Crippen molar-refractivity contribution in [1.82, 2.24) is 30.0 Å². The Labute approximate surface area is 195 Å². The van der Waals surface area contributed by atoms with Gasteiger partial charge in [0.15, 0.2) is 5.76 Å². The van der Waals surface area contributed by atoms with Crippen molar-refractivity contribution in [3.8, 4) is 22.8 Å². The molecule has 34 heavy (non-hydrogen) atoms. The number of likely N-dealkylation sites (tertiary alicyclic amines) is 1. The largest absolute Gasteiger partial charge is 0.373 e. The molecule has 0 saturated carbocycles. The lowest BCUT2D eigenvalue weighted by Gasteiger charge is -2.16. The van der Waals surface area contributed by atoms with Crippen LogP contribution < -0.4 is 5.32 Å². The first-order valence-corrected chi connectivity index (χ1v) is 10.9. The Kier molecular flexibility index (Phi) is 5.50. The first-order valence-electron chi connectivity index (χ1n) is 10.9. The number of likely N-dealkylation sites (N-methyl/N-ethyl adjacent to an activating group) is 1. The molecule has 0 radical (unpaired) electrons. The maximum absolute atomic E-state index is 12.4. The average molecular weight is 457 g/mol. The molecule has 0 spiro atoms. The van der Waals surface area contributed by atoms with E-state index in [2.05, 4.69) is 30.4 Å². The van der Waals surface area contributed by atoms with Gasteiger partial charge in [0, 0.05) is 44.7 Å². The molecule has 4 aromatic rings. The third-order valence-corrected chi connectivity index (χ3v) is 5.91. The summed E-state index contributed by atoms with van der Waals surface area (Å²) in [6.07, 6.45) is 5.41. The monoisotopic (exact) mass is 457 g/mol. The van der Waals surface area contributed by atoms with Crippen LogP contribution in [0.25, 0.3) is 22.8 Å². The molecule has 2 atom stereocenters.